The first-order valence-electron chi connectivity index (χ1n) is 7.58. The van der Waals surface area contributed by atoms with E-state index >= 15 is 0 Å². The molecule has 0 atom stereocenters. The van der Waals surface area contributed by atoms with Gasteiger partial charge in [0, 0.05) is 30.4 Å². The Labute approximate surface area is 147 Å². The van der Waals surface area contributed by atoms with Crippen LogP contribution in [-0.2, 0) is 13.0 Å². The van der Waals surface area contributed by atoms with Crippen molar-refractivity contribution in [2.45, 2.75) is 13.0 Å². The van der Waals surface area contributed by atoms with Gasteiger partial charge in [-0.15, -0.1) is 11.3 Å². The van der Waals surface area contributed by atoms with Gasteiger partial charge in [-0.25, -0.2) is 0 Å². The lowest BCUT2D eigenvalue weighted by Crippen LogP contribution is -2.32. The number of carbonyl (C=O) groups excluding carboxylic acids is 1. The fourth-order valence-electron chi connectivity index (χ4n) is 2.36. The Bertz CT molecular complexity index is 846. The third-order valence-electron chi connectivity index (χ3n) is 3.57. The van der Waals surface area contributed by atoms with Crippen LogP contribution in [0.25, 0.3) is 0 Å². The van der Waals surface area contributed by atoms with Gasteiger partial charge in [0.1, 0.15) is 4.92 Å². The van der Waals surface area contributed by atoms with Gasteiger partial charge in [0.25, 0.3) is 5.91 Å². The van der Waals surface area contributed by atoms with Crippen LogP contribution in [0.15, 0.2) is 58.6 Å². The van der Waals surface area contributed by atoms with Crippen LogP contribution < -0.4 is 0 Å². The molecule has 8 heteroatoms. The summed E-state index contributed by atoms with van der Waals surface area (Å²) in [5.74, 6) is -0.863. The number of thiophene rings is 1. The van der Waals surface area contributed by atoms with Crippen LogP contribution in [0.1, 0.15) is 21.0 Å². The first kappa shape index (κ1) is 16.8. The number of rotatable bonds is 7. The summed E-state index contributed by atoms with van der Waals surface area (Å²) < 4.78 is 5.06. The number of furan rings is 1. The second-order valence-electron chi connectivity index (χ2n) is 5.31. The third kappa shape index (κ3) is 4.30. The zero-order chi connectivity index (χ0) is 17.6. The van der Waals surface area contributed by atoms with Gasteiger partial charge in [0.15, 0.2) is 5.76 Å². The quantitative estimate of drug-likeness (QED) is 0.477. The van der Waals surface area contributed by atoms with Crippen molar-refractivity contribution < 1.29 is 14.1 Å². The van der Waals surface area contributed by atoms with Crippen molar-refractivity contribution in [3.8, 4) is 0 Å². The van der Waals surface area contributed by atoms with E-state index in [0.29, 0.717) is 19.5 Å². The fraction of sp³-hybridized carbons (Fsp3) is 0.176. The van der Waals surface area contributed by atoms with E-state index in [4.69, 9.17) is 4.42 Å². The zero-order valence-electron chi connectivity index (χ0n) is 13.2. The molecule has 0 fully saturated rings. The molecule has 0 aromatic carbocycles. The van der Waals surface area contributed by atoms with Crippen molar-refractivity contribution in [3.05, 3.63) is 80.5 Å². The van der Waals surface area contributed by atoms with Crippen molar-refractivity contribution in [1.82, 2.24) is 9.88 Å². The Kier molecular flexibility index (Phi) is 5.20. The highest BCUT2D eigenvalue weighted by Crippen LogP contribution is 2.19. The minimum absolute atomic E-state index is 0.0400. The molecule has 0 aliphatic carbocycles. The highest BCUT2D eigenvalue weighted by molar-refractivity contribution is 7.09. The van der Waals surface area contributed by atoms with Crippen molar-refractivity contribution >= 4 is 23.1 Å². The molecule has 3 aromatic heterocycles. The van der Waals surface area contributed by atoms with E-state index in [1.165, 1.54) is 12.1 Å². The van der Waals surface area contributed by atoms with Crippen LogP contribution in [0, 0.1) is 10.1 Å². The number of nitrogens with zero attached hydrogens (tertiary/aromatic N) is 3. The molecular weight excluding hydrogens is 342 g/mol. The molecule has 0 saturated carbocycles. The molecule has 0 N–H and O–H groups in total. The third-order valence-corrected chi connectivity index (χ3v) is 4.51. The van der Waals surface area contributed by atoms with Crippen LogP contribution >= 0.6 is 11.3 Å². The molecule has 0 aliphatic heterocycles. The van der Waals surface area contributed by atoms with E-state index in [1.807, 2.05) is 23.6 Å². The molecule has 0 saturated heterocycles. The van der Waals surface area contributed by atoms with Crippen molar-refractivity contribution in [3.63, 3.8) is 0 Å². The van der Waals surface area contributed by atoms with Crippen LogP contribution in [0.2, 0.25) is 0 Å². The molecule has 3 aromatic rings. The topological polar surface area (TPSA) is 89.5 Å². The van der Waals surface area contributed by atoms with Gasteiger partial charge in [-0.1, -0.05) is 12.1 Å². The molecule has 3 rings (SSSR count). The Hall–Kier alpha value is -3.00. The van der Waals surface area contributed by atoms with Crippen LogP contribution in [0.3, 0.4) is 0 Å². The smallest absolute Gasteiger partial charge is 0.395 e. The summed E-state index contributed by atoms with van der Waals surface area (Å²) in [5, 5.41) is 12.7. The maximum Gasteiger partial charge on any atom is 0.433 e. The number of hydrogen-bond donors (Lipinski definition) is 0. The summed E-state index contributed by atoms with van der Waals surface area (Å²) in [4.78, 5) is 29.7. The highest BCUT2D eigenvalue weighted by atomic mass is 32.1. The van der Waals surface area contributed by atoms with Gasteiger partial charge in [0.2, 0.25) is 0 Å². The average molecular weight is 357 g/mol. The van der Waals surface area contributed by atoms with Crippen molar-refractivity contribution in [2.75, 3.05) is 6.54 Å². The number of carbonyl (C=O) groups is 1. The summed E-state index contributed by atoms with van der Waals surface area (Å²) in [5.41, 5.74) is 0.878. The first-order valence-corrected chi connectivity index (χ1v) is 8.46. The molecule has 0 aliphatic rings. The van der Waals surface area contributed by atoms with Gasteiger partial charge in [-0.05, 0) is 35.6 Å². The monoisotopic (exact) mass is 357 g/mol. The number of pyridine rings is 1. The molecule has 7 nitrogen and oxygen atoms in total. The second kappa shape index (κ2) is 7.71. The number of hydrogen-bond acceptors (Lipinski definition) is 6. The molecule has 128 valence electrons. The van der Waals surface area contributed by atoms with E-state index in [9.17, 15) is 14.9 Å². The normalized spacial score (nSPS) is 10.6. The lowest BCUT2D eigenvalue weighted by molar-refractivity contribution is -0.402. The summed E-state index contributed by atoms with van der Waals surface area (Å²) in [6, 6.07) is 10.2. The summed E-state index contributed by atoms with van der Waals surface area (Å²) in [6.07, 6.45) is 4.06. The first-order chi connectivity index (χ1) is 12.1. The predicted molar refractivity (Wildman–Crippen MR) is 92.4 cm³/mol. The van der Waals surface area contributed by atoms with Crippen LogP contribution in [0.4, 0.5) is 5.88 Å². The molecule has 0 spiro atoms. The number of aromatic nitrogens is 1. The van der Waals surface area contributed by atoms with E-state index in [1.54, 1.807) is 34.7 Å². The van der Waals surface area contributed by atoms with Crippen molar-refractivity contribution in [1.29, 1.82) is 0 Å². The minimum Gasteiger partial charge on any atom is -0.395 e. The Morgan fingerprint density at radius 1 is 1.28 bits per heavy atom. The maximum atomic E-state index is 12.7. The van der Waals surface area contributed by atoms with E-state index in [-0.39, 0.29) is 11.7 Å². The highest BCUT2D eigenvalue weighted by Gasteiger charge is 2.22. The standard InChI is InChI=1S/C17H15N3O4S/c21-17(15-5-6-16(24-15)20(22)23)19(9-7-14-4-2-10-25-14)12-13-3-1-8-18-11-13/h1-6,8,10-11H,7,9,12H2. The van der Waals surface area contributed by atoms with Crippen LogP contribution in [0.5, 0.6) is 0 Å². The molecular formula is C17H15N3O4S. The lowest BCUT2D eigenvalue weighted by atomic mass is 10.2. The summed E-state index contributed by atoms with van der Waals surface area (Å²) in [6.45, 7) is 0.829. The summed E-state index contributed by atoms with van der Waals surface area (Å²) in [7, 11) is 0. The average Bonchev–Trinajstić information content (AvgIpc) is 3.30. The molecule has 3 heterocycles. The lowest BCUT2D eigenvalue weighted by Gasteiger charge is -2.21. The zero-order valence-corrected chi connectivity index (χ0v) is 14.0. The molecule has 25 heavy (non-hydrogen) atoms. The van der Waals surface area contributed by atoms with Gasteiger partial charge >= 0.3 is 5.88 Å². The Balaban J connectivity index is 1.78. The van der Waals surface area contributed by atoms with E-state index < -0.39 is 10.8 Å². The largest absolute Gasteiger partial charge is 0.433 e. The van der Waals surface area contributed by atoms with E-state index in [2.05, 4.69) is 4.98 Å². The Morgan fingerprint density at radius 3 is 2.80 bits per heavy atom. The second-order valence-corrected chi connectivity index (χ2v) is 6.34. The maximum absolute atomic E-state index is 12.7. The van der Waals surface area contributed by atoms with Gasteiger partial charge in [-0.3, -0.25) is 19.9 Å². The summed E-state index contributed by atoms with van der Waals surface area (Å²) >= 11 is 1.62. The SMILES string of the molecule is O=C(c1ccc([N+](=O)[O-])o1)N(CCc1cccs1)Cc1cccnc1. The van der Waals surface area contributed by atoms with Crippen molar-refractivity contribution in [2.24, 2.45) is 0 Å². The molecule has 0 radical (unpaired) electrons. The van der Waals surface area contributed by atoms with E-state index in [0.717, 1.165) is 10.4 Å². The number of nitro groups is 1. The van der Waals surface area contributed by atoms with Gasteiger partial charge < -0.3 is 9.32 Å². The van der Waals surface area contributed by atoms with Gasteiger partial charge in [0.05, 0.1) is 6.07 Å². The molecule has 1 amide bonds. The molecule has 0 unspecified atom stereocenters. The minimum atomic E-state index is -0.659. The number of amides is 1. The molecule has 0 bridgehead atoms. The van der Waals surface area contributed by atoms with Gasteiger partial charge in [-0.2, -0.15) is 0 Å². The predicted octanol–water partition coefficient (Wildman–Crippen LogP) is 3.53. The fourth-order valence-corrected chi connectivity index (χ4v) is 3.06. The Morgan fingerprint density at radius 2 is 2.16 bits per heavy atom. The van der Waals surface area contributed by atoms with Crippen LogP contribution in [-0.4, -0.2) is 27.3 Å².